The van der Waals surface area contributed by atoms with E-state index >= 15 is 0 Å². The lowest BCUT2D eigenvalue weighted by Crippen LogP contribution is -1.81. The molecule has 0 aliphatic heterocycles. The molecule has 9 heavy (non-hydrogen) atoms. The number of aldehydes is 1. The van der Waals surface area contributed by atoms with Gasteiger partial charge in [0.15, 0.2) is 6.29 Å². The Balaban J connectivity index is 3.11. The lowest BCUT2D eigenvalue weighted by Gasteiger charge is -1.79. The highest BCUT2D eigenvalue weighted by Gasteiger charge is 1.97. The molecule has 0 N–H and O–H groups in total. The maximum absolute atomic E-state index is 10.2. The molecule has 1 heterocycles. The van der Waals surface area contributed by atoms with Crippen molar-refractivity contribution >= 4 is 31.5 Å². The molecule has 0 radical (unpaired) electrons. The molecular formula is C6H7OPS. The van der Waals surface area contributed by atoms with Gasteiger partial charge in [0.2, 0.25) is 0 Å². The Kier molecular flexibility index (Phi) is 1.99. The number of hydrogen-bond acceptors (Lipinski definition) is 2. The number of aryl methyl sites for hydroxylation is 1. The first kappa shape index (κ1) is 6.91. The van der Waals surface area contributed by atoms with Crippen LogP contribution < -0.4 is 4.62 Å². The largest absolute Gasteiger partial charge is 0.297 e. The number of carbonyl (C=O) groups is 1. The van der Waals surface area contributed by atoms with E-state index in [1.807, 2.05) is 13.0 Å². The number of rotatable bonds is 1. The van der Waals surface area contributed by atoms with Crippen LogP contribution in [0.3, 0.4) is 0 Å². The van der Waals surface area contributed by atoms with Crippen LogP contribution in [0.1, 0.15) is 15.2 Å². The predicted molar refractivity (Wildman–Crippen MR) is 43.8 cm³/mol. The second kappa shape index (κ2) is 2.59. The monoisotopic (exact) mass is 158 g/mol. The first-order valence-corrected chi connectivity index (χ1v) is 3.94. The first-order valence-electron chi connectivity index (χ1n) is 2.55. The molecule has 1 aromatic rings. The van der Waals surface area contributed by atoms with Crippen molar-refractivity contribution in [3.63, 3.8) is 0 Å². The summed E-state index contributed by atoms with van der Waals surface area (Å²) in [5.74, 6) is 0. The van der Waals surface area contributed by atoms with Gasteiger partial charge < -0.3 is 0 Å². The molecule has 0 amide bonds. The highest BCUT2D eigenvalue weighted by Crippen LogP contribution is 2.11. The number of hydrogen-bond donors (Lipinski definition) is 0. The van der Waals surface area contributed by atoms with Gasteiger partial charge in [-0.25, -0.2) is 0 Å². The summed E-state index contributed by atoms with van der Waals surface area (Å²) in [6.07, 6.45) is 0.880. The molecule has 1 unspecified atom stereocenters. The third-order valence-electron chi connectivity index (χ3n) is 1.09. The highest BCUT2D eigenvalue weighted by molar-refractivity contribution is 7.44. The van der Waals surface area contributed by atoms with E-state index in [2.05, 4.69) is 9.24 Å². The van der Waals surface area contributed by atoms with Crippen LogP contribution >= 0.6 is 20.6 Å². The van der Waals surface area contributed by atoms with Gasteiger partial charge >= 0.3 is 0 Å². The molecule has 1 nitrogen and oxygen atoms in total. The molecule has 0 bridgehead atoms. The molecule has 0 spiro atoms. The zero-order valence-corrected chi connectivity index (χ0v) is 7.02. The van der Waals surface area contributed by atoms with E-state index in [9.17, 15) is 4.79 Å². The van der Waals surface area contributed by atoms with Gasteiger partial charge in [0.1, 0.15) is 0 Å². The van der Waals surface area contributed by atoms with Gasteiger partial charge in [-0.3, -0.25) is 4.79 Å². The minimum Gasteiger partial charge on any atom is -0.297 e. The summed E-state index contributed by atoms with van der Waals surface area (Å²) < 4.78 is 1.15. The smallest absolute Gasteiger partial charge is 0.160 e. The van der Waals surface area contributed by atoms with Crippen molar-refractivity contribution in [1.82, 2.24) is 0 Å². The highest BCUT2D eigenvalue weighted by atomic mass is 32.1. The average molecular weight is 158 g/mol. The van der Waals surface area contributed by atoms with Crippen molar-refractivity contribution in [2.45, 2.75) is 6.92 Å². The van der Waals surface area contributed by atoms with Gasteiger partial charge in [0, 0.05) is 4.62 Å². The summed E-state index contributed by atoms with van der Waals surface area (Å²) in [5.41, 5.74) is 1.17. The van der Waals surface area contributed by atoms with Crippen molar-refractivity contribution in [3.8, 4) is 0 Å². The van der Waals surface area contributed by atoms with Crippen molar-refractivity contribution < 1.29 is 4.79 Å². The summed E-state index contributed by atoms with van der Waals surface area (Å²) >= 11 is 1.51. The summed E-state index contributed by atoms with van der Waals surface area (Å²) in [6.45, 7) is 1.99. The Morgan fingerprint density at radius 2 is 2.44 bits per heavy atom. The first-order chi connectivity index (χ1) is 4.24. The van der Waals surface area contributed by atoms with Crippen LogP contribution in [0.15, 0.2) is 6.07 Å². The van der Waals surface area contributed by atoms with E-state index in [4.69, 9.17) is 0 Å². The third kappa shape index (κ3) is 1.38. The molecule has 0 aliphatic carbocycles. The fraction of sp³-hybridized carbons (Fsp3) is 0.167. The molecule has 0 aliphatic rings. The van der Waals surface area contributed by atoms with Gasteiger partial charge in [-0.2, -0.15) is 0 Å². The summed E-state index contributed by atoms with van der Waals surface area (Å²) in [7, 11) is 2.60. The SMILES string of the molecule is Cc1cc(C=O)sc1P. The van der Waals surface area contributed by atoms with Crippen molar-refractivity contribution in [1.29, 1.82) is 0 Å². The molecule has 48 valence electrons. The number of carbonyl (C=O) groups excluding carboxylic acids is 1. The van der Waals surface area contributed by atoms with Gasteiger partial charge in [-0.15, -0.1) is 11.3 Å². The average Bonchev–Trinajstić information content (AvgIpc) is 2.13. The van der Waals surface area contributed by atoms with Crippen LogP contribution in [-0.4, -0.2) is 6.29 Å². The van der Waals surface area contributed by atoms with Gasteiger partial charge in [-0.05, 0) is 18.6 Å². The summed E-state index contributed by atoms with van der Waals surface area (Å²) in [6, 6.07) is 1.89. The van der Waals surface area contributed by atoms with Gasteiger partial charge in [0.05, 0.1) is 4.88 Å². The summed E-state index contributed by atoms with van der Waals surface area (Å²) in [4.78, 5) is 11.0. The van der Waals surface area contributed by atoms with E-state index in [1.165, 1.54) is 16.9 Å². The lowest BCUT2D eigenvalue weighted by molar-refractivity contribution is 0.112. The Morgan fingerprint density at radius 3 is 2.67 bits per heavy atom. The van der Waals surface area contributed by atoms with E-state index in [-0.39, 0.29) is 0 Å². The molecule has 0 saturated heterocycles. The van der Waals surface area contributed by atoms with E-state index < -0.39 is 0 Å². The van der Waals surface area contributed by atoms with Gasteiger partial charge in [-0.1, -0.05) is 9.24 Å². The molecule has 1 atom stereocenters. The molecule has 1 rings (SSSR count). The van der Waals surface area contributed by atoms with Crippen LogP contribution in [-0.2, 0) is 0 Å². The van der Waals surface area contributed by atoms with Crippen molar-refractivity contribution in [2.24, 2.45) is 0 Å². The standard InChI is InChI=1S/C6H7OPS/c1-4-2-5(3-7)9-6(4)8/h2-3H,8H2,1H3. The van der Waals surface area contributed by atoms with Crippen molar-refractivity contribution in [2.75, 3.05) is 0 Å². The lowest BCUT2D eigenvalue weighted by atomic mass is 10.3. The predicted octanol–water partition coefficient (Wildman–Crippen LogP) is 1.37. The van der Waals surface area contributed by atoms with E-state index in [0.717, 1.165) is 15.8 Å². The molecule has 3 heteroatoms. The maximum Gasteiger partial charge on any atom is 0.160 e. The van der Waals surface area contributed by atoms with Crippen LogP contribution in [0.25, 0.3) is 0 Å². The number of thiophene rings is 1. The molecule has 0 saturated carbocycles. The third-order valence-corrected chi connectivity index (χ3v) is 2.89. The van der Waals surface area contributed by atoms with Crippen molar-refractivity contribution in [3.05, 3.63) is 16.5 Å². The quantitative estimate of drug-likeness (QED) is 0.445. The molecule has 0 aromatic carbocycles. The minimum absolute atomic E-state index is 0.803. The van der Waals surface area contributed by atoms with Crippen LogP contribution in [0.5, 0.6) is 0 Å². The van der Waals surface area contributed by atoms with Crippen LogP contribution in [0, 0.1) is 6.92 Å². The van der Waals surface area contributed by atoms with E-state index in [1.54, 1.807) is 0 Å². The van der Waals surface area contributed by atoms with E-state index in [0.29, 0.717) is 0 Å². The van der Waals surface area contributed by atoms with Crippen LogP contribution in [0.4, 0.5) is 0 Å². The second-order valence-corrected chi connectivity index (χ2v) is 3.93. The maximum atomic E-state index is 10.2. The molecule has 1 aromatic heterocycles. The molecule has 0 fully saturated rings. The zero-order chi connectivity index (χ0) is 6.85. The zero-order valence-electron chi connectivity index (χ0n) is 5.05. The Hall–Kier alpha value is -0.200. The fourth-order valence-corrected chi connectivity index (χ4v) is 1.83. The molecular weight excluding hydrogens is 151 g/mol. The topological polar surface area (TPSA) is 17.1 Å². The van der Waals surface area contributed by atoms with Crippen LogP contribution in [0.2, 0.25) is 0 Å². The summed E-state index contributed by atoms with van der Waals surface area (Å²) in [5, 5.41) is 0. The normalized spacial score (nSPS) is 9.56. The minimum atomic E-state index is 0.803. The Labute approximate surface area is 60.3 Å². The second-order valence-electron chi connectivity index (χ2n) is 1.81. The fourth-order valence-electron chi connectivity index (χ4n) is 0.580. The van der Waals surface area contributed by atoms with Gasteiger partial charge in [0.25, 0.3) is 0 Å². The Bertz CT molecular complexity index is 209. The Morgan fingerprint density at radius 1 is 1.78 bits per heavy atom.